The number of hydrogen-bond acceptors (Lipinski definition) is 4. The smallest absolute Gasteiger partial charge is 0.283 e. The zero-order chi connectivity index (χ0) is 13.7. The minimum Gasteiger partial charge on any atom is -0.352 e. The topological polar surface area (TPSA) is 98.3 Å². The lowest BCUT2D eigenvalue weighted by atomic mass is 10.1. The van der Waals surface area contributed by atoms with Crippen molar-refractivity contribution in [3.05, 3.63) is 38.9 Å². The molecule has 106 valence electrons. The summed E-state index contributed by atoms with van der Waals surface area (Å²) in [6.45, 7) is 2.19. The van der Waals surface area contributed by atoms with Gasteiger partial charge in [0, 0.05) is 23.7 Å². The van der Waals surface area contributed by atoms with Gasteiger partial charge in [-0.25, -0.2) is 0 Å². The maximum atomic E-state index is 11.8. The summed E-state index contributed by atoms with van der Waals surface area (Å²) in [4.78, 5) is 21.9. The minimum atomic E-state index is -0.633. The van der Waals surface area contributed by atoms with Gasteiger partial charge >= 0.3 is 0 Å². The highest BCUT2D eigenvalue weighted by molar-refractivity contribution is 6.31. The average Bonchev–Trinajstić information content (AvgIpc) is 2.28. The van der Waals surface area contributed by atoms with Crippen LogP contribution in [-0.2, 0) is 0 Å². The van der Waals surface area contributed by atoms with Crippen LogP contribution in [0, 0.1) is 10.1 Å². The normalized spacial score (nSPS) is 11.3. The highest BCUT2D eigenvalue weighted by Gasteiger charge is 2.20. The number of nitro benzene ring substituents is 1. The van der Waals surface area contributed by atoms with Crippen LogP contribution in [0.1, 0.15) is 23.7 Å². The Morgan fingerprint density at radius 2 is 2.21 bits per heavy atom. The van der Waals surface area contributed by atoms with E-state index in [0.717, 1.165) is 6.07 Å². The standard InChI is InChI=1S/C11H14ClN3O3.ClH/c1-7(13)4-5-14-11(16)9-3-2-8(12)6-10(9)15(17)18;/h2-3,6-7H,4-5,13H2,1H3,(H,14,16);1H. The van der Waals surface area contributed by atoms with Crippen LogP contribution in [0.5, 0.6) is 0 Å². The van der Waals surface area contributed by atoms with Gasteiger partial charge in [-0.05, 0) is 25.5 Å². The summed E-state index contributed by atoms with van der Waals surface area (Å²) in [5.74, 6) is -0.501. The number of nitrogens with one attached hydrogen (secondary N) is 1. The van der Waals surface area contributed by atoms with E-state index in [0.29, 0.717) is 13.0 Å². The molecule has 0 aromatic heterocycles. The van der Waals surface area contributed by atoms with Crippen molar-refractivity contribution in [3.63, 3.8) is 0 Å². The first kappa shape index (κ1) is 17.6. The van der Waals surface area contributed by atoms with Crippen LogP contribution in [-0.4, -0.2) is 23.4 Å². The Balaban J connectivity index is 0.00000324. The third-order valence-corrected chi connectivity index (χ3v) is 2.52. The molecule has 0 saturated carbocycles. The van der Waals surface area contributed by atoms with Gasteiger partial charge in [0.2, 0.25) is 0 Å². The van der Waals surface area contributed by atoms with Gasteiger partial charge in [0.25, 0.3) is 11.6 Å². The first-order valence-corrected chi connectivity index (χ1v) is 5.77. The Bertz CT molecular complexity index is 466. The lowest BCUT2D eigenvalue weighted by Crippen LogP contribution is -2.29. The van der Waals surface area contributed by atoms with Crippen molar-refractivity contribution < 1.29 is 9.72 Å². The third kappa shape index (κ3) is 5.42. The number of amides is 1. The van der Waals surface area contributed by atoms with E-state index in [1.807, 2.05) is 6.92 Å². The van der Waals surface area contributed by atoms with Crippen LogP contribution < -0.4 is 11.1 Å². The van der Waals surface area contributed by atoms with E-state index in [1.165, 1.54) is 12.1 Å². The maximum absolute atomic E-state index is 11.8. The summed E-state index contributed by atoms with van der Waals surface area (Å²) >= 11 is 5.66. The second-order valence-electron chi connectivity index (χ2n) is 3.94. The molecule has 0 saturated heterocycles. The highest BCUT2D eigenvalue weighted by atomic mass is 35.5. The molecule has 0 fully saturated rings. The van der Waals surface area contributed by atoms with E-state index < -0.39 is 10.8 Å². The van der Waals surface area contributed by atoms with E-state index in [1.54, 1.807) is 0 Å². The second kappa shape index (κ2) is 7.93. The van der Waals surface area contributed by atoms with Gasteiger partial charge in [-0.3, -0.25) is 14.9 Å². The molecule has 0 spiro atoms. The van der Waals surface area contributed by atoms with Crippen molar-refractivity contribution in [1.29, 1.82) is 0 Å². The minimum absolute atomic E-state index is 0. The monoisotopic (exact) mass is 307 g/mol. The highest BCUT2D eigenvalue weighted by Crippen LogP contribution is 2.22. The number of rotatable bonds is 5. The molecule has 19 heavy (non-hydrogen) atoms. The van der Waals surface area contributed by atoms with Gasteiger partial charge in [-0.2, -0.15) is 0 Å². The maximum Gasteiger partial charge on any atom is 0.283 e. The molecule has 3 N–H and O–H groups in total. The fourth-order valence-corrected chi connectivity index (χ4v) is 1.52. The second-order valence-corrected chi connectivity index (χ2v) is 4.38. The molecule has 0 bridgehead atoms. The van der Waals surface area contributed by atoms with Gasteiger partial charge in [0.1, 0.15) is 5.56 Å². The van der Waals surface area contributed by atoms with E-state index >= 15 is 0 Å². The molecular formula is C11H15Cl2N3O3. The number of nitro groups is 1. The van der Waals surface area contributed by atoms with Gasteiger partial charge < -0.3 is 11.1 Å². The summed E-state index contributed by atoms with van der Waals surface area (Å²) in [6.07, 6.45) is 0.604. The van der Waals surface area contributed by atoms with Crippen molar-refractivity contribution in [2.75, 3.05) is 6.54 Å². The van der Waals surface area contributed by atoms with Crippen LogP contribution >= 0.6 is 24.0 Å². The van der Waals surface area contributed by atoms with E-state index in [-0.39, 0.29) is 34.7 Å². The van der Waals surface area contributed by atoms with Gasteiger partial charge in [0.05, 0.1) is 4.92 Å². The Morgan fingerprint density at radius 3 is 2.74 bits per heavy atom. The summed E-state index contributed by atoms with van der Waals surface area (Å²) in [7, 11) is 0. The Hall–Kier alpha value is -1.37. The third-order valence-electron chi connectivity index (χ3n) is 2.29. The van der Waals surface area contributed by atoms with Crippen LogP contribution in [0.4, 0.5) is 5.69 Å². The van der Waals surface area contributed by atoms with Crippen molar-refractivity contribution in [1.82, 2.24) is 5.32 Å². The number of nitrogens with two attached hydrogens (primary N) is 1. The summed E-state index contributed by atoms with van der Waals surface area (Å²) in [5.41, 5.74) is 5.23. The number of benzene rings is 1. The quantitative estimate of drug-likeness (QED) is 0.643. The molecule has 8 heteroatoms. The Kier molecular flexibility index (Phi) is 7.36. The predicted octanol–water partition coefficient (Wildman–Crippen LogP) is 2.14. The Labute approximate surface area is 121 Å². The van der Waals surface area contributed by atoms with E-state index in [4.69, 9.17) is 17.3 Å². The molecule has 0 radical (unpaired) electrons. The molecule has 0 aliphatic rings. The van der Waals surface area contributed by atoms with E-state index in [2.05, 4.69) is 5.32 Å². The molecule has 0 aliphatic carbocycles. The SMILES string of the molecule is CC(N)CCNC(=O)c1ccc(Cl)cc1[N+](=O)[O-].Cl. The first-order valence-electron chi connectivity index (χ1n) is 5.39. The number of halogens is 2. The van der Waals surface area contributed by atoms with Crippen molar-refractivity contribution in [3.8, 4) is 0 Å². The number of hydrogen-bond donors (Lipinski definition) is 2. The molecule has 1 unspecified atom stereocenters. The van der Waals surface area contributed by atoms with Crippen molar-refractivity contribution in [2.45, 2.75) is 19.4 Å². The van der Waals surface area contributed by atoms with Crippen LogP contribution in [0.3, 0.4) is 0 Å². The number of nitrogens with zero attached hydrogens (tertiary/aromatic N) is 1. The van der Waals surface area contributed by atoms with Crippen LogP contribution in [0.15, 0.2) is 18.2 Å². The molecule has 1 amide bonds. The lowest BCUT2D eigenvalue weighted by molar-refractivity contribution is -0.385. The number of carbonyl (C=O) groups is 1. The van der Waals surface area contributed by atoms with Gasteiger partial charge in [-0.1, -0.05) is 11.6 Å². The lowest BCUT2D eigenvalue weighted by Gasteiger charge is -2.07. The number of carbonyl (C=O) groups excluding carboxylic acids is 1. The van der Waals surface area contributed by atoms with Crippen molar-refractivity contribution >= 4 is 35.6 Å². The van der Waals surface area contributed by atoms with Crippen LogP contribution in [0.25, 0.3) is 0 Å². The van der Waals surface area contributed by atoms with Crippen molar-refractivity contribution in [2.24, 2.45) is 5.73 Å². The first-order chi connectivity index (χ1) is 8.41. The zero-order valence-electron chi connectivity index (χ0n) is 10.3. The van der Waals surface area contributed by atoms with Gasteiger partial charge in [-0.15, -0.1) is 12.4 Å². The molecule has 1 atom stereocenters. The Morgan fingerprint density at radius 1 is 1.58 bits per heavy atom. The fourth-order valence-electron chi connectivity index (χ4n) is 1.36. The predicted molar refractivity (Wildman–Crippen MR) is 76.0 cm³/mol. The van der Waals surface area contributed by atoms with Crippen LogP contribution in [0.2, 0.25) is 5.02 Å². The molecule has 0 aliphatic heterocycles. The molecule has 0 heterocycles. The molecule has 1 aromatic carbocycles. The molecule has 1 aromatic rings. The van der Waals surface area contributed by atoms with E-state index in [9.17, 15) is 14.9 Å². The summed E-state index contributed by atoms with van der Waals surface area (Å²) < 4.78 is 0. The van der Waals surface area contributed by atoms with Gasteiger partial charge in [0.15, 0.2) is 0 Å². The largest absolute Gasteiger partial charge is 0.352 e. The molecule has 6 nitrogen and oxygen atoms in total. The zero-order valence-corrected chi connectivity index (χ0v) is 11.8. The summed E-state index contributed by atoms with van der Waals surface area (Å²) in [6, 6.07) is 3.89. The molecular weight excluding hydrogens is 293 g/mol. The fraction of sp³-hybridized carbons (Fsp3) is 0.364. The summed E-state index contributed by atoms with van der Waals surface area (Å²) in [5, 5.41) is 13.6. The average molecular weight is 308 g/mol. The molecule has 1 rings (SSSR count).